The number of furan rings is 1. The van der Waals surface area contributed by atoms with Crippen LogP contribution in [0.2, 0.25) is 0 Å². The SMILES string of the molecule is CNC(c1ccc([N+](=O)[O-])o1)c1c(F)cc(F)cc1F. The summed E-state index contributed by atoms with van der Waals surface area (Å²) < 4.78 is 45.2. The summed E-state index contributed by atoms with van der Waals surface area (Å²) in [5.74, 6) is -3.88. The second-order valence-electron chi connectivity index (χ2n) is 3.94. The van der Waals surface area contributed by atoms with Gasteiger partial charge in [-0.05, 0) is 13.1 Å². The molecular weight excluding hydrogens is 277 g/mol. The van der Waals surface area contributed by atoms with Gasteiger partial charge in [0.2, 0.25) is 0 Å². The molecule has 1 aromatic heterocycles. The van der Waals surface area contributed by atoms with E-state index in [0.29, 0.717) is 12.1 Å². The van der Waals surface area contributed by atoms with Gasteiger partial charge >= 0.3 is 5.88 Å². The van der Waals surface area contributed by atoms with Crippen LogP contribution in [0.15, 0.2) is 28.7 Å². The van der Waals surface area contributed by atoms with Gasteiger partial charge in [0.15, 0.2) is 0 Å². The number of nitrogens with one attached hydrogen (secondary N) is 1. The molecule has 106 valence electrons. The Hall–Kier alpha value is -2.35. The molecule has 0 radical (unpaired) electrons. The van der Waals surface area contributed by atoms with Crippen LogP contribution in [0.25, 0.3) is 0 Å². The molecule has 1 unspecified atom stereocenters. The predicted molar refractivity (Wildman–Crippen MR) is 62.6 cm³/mol. The highest BCUT2D eigenvalue weighted by molar-refractivity contribution is 5.32. The van der Waals surface area contributed by atoms with Crippen molar-refractivity contribution in [2.24, 2.45) is 0 Å². The number of rotatable bonds is 4. The van der Waals surface area contributed by atoms with Gasteiger partial charge in [-0.2, -0.15) is 0 Å². The monoisotopic (exact) mass is 286 g/mol. The number of hydrogen-bond acceptors (Lipinski definition) is 4. The first-order valence-electron chi connectivity index (χ1n) is 5.50. The third-order valence-corrected chi connectivity index (χ3v) is 2.70. The molecule has 0 aliphatic rings. The maximum atomic E-state index is 13.7. The molecule has 8 heteroatoms. The quantitative estimate of drug-likeness (QED) is 0.693. The van der Waals surface area contributed by atoms with E-state index < -0.39 is 39.9 Å². The molecule has 2 rings (SSSR count). The summed E-state index contributed by atoms with van der Waals surface area (Å²) in [6.45, 7) is 0. The van der Waals surface area contributed by atoms with Crippen molar-refractivity contribution in [3.8, 4) is 0 Å². The minimum absolute atomic E-state index is 0.0522. The van der Waals surface area contributed by atoms with Crippen LogP contribution >= 0.6 is 0 Å². The van der Waals surface area contributed by atoms with Crippen LogP contribution in [0.3, 0.4) is 0 Å². The summed E-state index contributed by atoms with van der Waals surface area (Å²) in [5, 5.41) is 13.1. The number of halogens is 3. The summed E-state index contributed by atoms with van der Waals surface area (Å²) in [6, 6.07) is 2.24. The Labute approximate surface area is 111 Å². The van der Waals surface area contributed by atoms with Gasteiger partial charge < -0.3 is 9.73 Å². The van der Waals surface area contributed by atoms with Gasteiger partial charge in [0, 0.05) is 17.7 Å². The molecule has 0 aliphatic heterocycles. The number of hydrogen-bond donors (Lipinski definition) is 1. The van der Waals surface area contributed by atoms with E-state index in [0.717, 1.165) is 6.07 Å². The lowest BCUT2D eigenvalue weighted by Crippen LogP contribution is -2.20. The average molecular weight is 286 g/mol. The maximum absolute atomic E-state index is 13.7. The molecule has 20 heavy (non-hydrogen) atoms. The molecule has 1 heterocycles. The van der Waals surface area contributed by atoms with Gasteiger partial charge in [-0.25, -0.2) is 13.2 Å². The zero-order chi connectivity index (χ0) is 14.9. The summed E-state index contributed by atoms with van der Waals surface area (Å²) in [5.41, 5.74) is -0.474. The molecular formula is C12H9F3N2O3. The van der Waals surface area contributed by atoms with Crippen molar-refractivity contribution < 1.29 is 22.5 Å². The lowest BCUT2D eigenvalue weighted by Gasteiger charge is -2.15. The summed E-state index contributed by atoms with van der Waals surface area (Å²) >= 11 is 0. The molecule has 0 spiro atoms. The topological polar surface area (TPSA) is 68.3 Å². The molecule has 1 atom stereocenters. The Morgan fingerprint density at radius 2 is 1.85 bits per heavy atom. The fourth-order valence-electron chi connectivity index (χ4n) is 1.85. The summed E-state index contributed by atoms with van der Waals surface area (Å²) in [7, 11) is 1.39. The van der Waals surface area contributed by atoms with Gasteiger partial charge in [0.05, 0.1) is 12.1 Å². The van der Waals surface area contributed by atoms with Crippen molar-refractivity contribution in [2.45, 2.75) is 6.04 Å². The van der Waals surface area contributed by atoms with Crippen LogP contribution in [0, 0.1) is 27.6 Å². The fraction of sp³-hybridized carbons (Fsp3) is 0.167. The largest absolute Gasteiger partial charge is 0.433 e. The number of nitrogens with zero attached hydrogens (tertiary/aromatic N) is 1. The standard InChI is InChI=1S/C12H9F3N2O3/c1-16-12(9-2-3-10(20-9)17(18)19)11-7(14)4-6(13)5-8(11)15/h2-5,12,16H,1H3. The second kappa shape index (κ2) is 5.33. The van der Waals surface area contributed by atoms with Crippen molar-refractivity contribution in [2.75, 3.05) is 7.05 Å². The highest BCUT2D eigenvalue weighted by Crippen LogP contribution is 2.30. The zero-order valence-electron chi connectivity index (χ0n) is 10.2. The smallest absolute Gasteiger partial charge is 0.404 e. The van der Waals surface area contributed by atoms with E-state index in [1.807, 2.05) is 0 Å². The van der Waals surface area contributed by atoms with Crippen LogP contribution in [0.1, 0.15) is 17.4 Å². The van der Waals surface area contributed by atoms with Crippen molar-refractivity contribution >= 4 is 5.88 Å². The normalized spacial score (nSPS) is 12.4. The van der Waals surface area contributed by atoms with Crippen LogP contribution in [0.4, 0.5) is 19.1 Å². The molecule has 1 N–H and O–H groups in total. The molecule has 1 aromatic carbocycles. The Balaban J connectivity index is 2.49. The van der Waals surface area contributed by atoms with Crippen LogP contribution in [0.5, 0.6) is 0 Å². The van der Waals surface area contributed by atoms with Crippen molar-refractivity contribution in [1.82, 2.24) is 5.32 Å². The third kappa shape index (κ3) is 2.50. The summed E-state index contributed by atoms with van der Waals surface area (Å²) in [6.07, 6.45) is 0. The highest BCUT2D eigenvalue weighted by Gasteiger charge is 2.26. The van der Waals surface area contributed by atoms with Gasteiger partial charge in [-0.1, -0.05) is 0 Å². The van der Waals surface area contributed by atoms with Crippen LogP contribution in [-0.2, 0) is 0 Å². The molecule has 0 fully saturated rings. The van der Waals surface area contributed by atoms with Crippen molar-refractivity contribution in [1.29, 1.82) is 0 Å². The average Bonchev–Trinajstić information content (AvgIpc) is 2.82. The predicted octanol–water partition coefficient (Wildman–Crippen LogP) is 2.91. The van der Waals surface area contributed by atoms with Crippen LogP contribution in [-0.4, -0.2) is 12.0 Å². The van der Waals surface area contributed by atoms with Crippen molar-refractivity contribution in [3.05, 3.63) is 63.2 Å². The summed E-state index contributed by atoms with van der Waals surface area (Å²) in [4.78, 5) is 9.76. The van der Waals surface area contributed by atoms with Gasteiger partial charge in [-0.3, -0.25) is 10.1 Å². The van der Waals surface area contributed by atoms with Crippen molar-refractivity contribution in [3.63, 3.8) is 0 Å². The molecule has 0 saturated heterocycles. The Morgan fingerprint density at radius 1 is 1.25 bits per heavy atom. The van der Waals surface area contributed by atoms with Gasteiger partial charge in [0.1, 0.15) is 28.1 Å². The second-order valence-corrected chi connectivity index (χ2v) is 3.94. The first kappa shape index (κ1) is 14.1. The maximum Gasteiger partial charge on any atom is 0.433 e. The molecule has 0 amide bonds. The molecule has 5 nitrogen and oxygen atoms in total. The van der Waals surface area contributed by atoms with E-state index in [1.54, 1.807) is 0 Å². The van der Waals surface area contributed by atoms with E-state index in [1.165, 1.54) is 13.1 Å². The first-order valence-corrected chi connectivity index (χ1v) is 5.50. The van der Waals surface area contributed by atoms with E-state index >= 15 is 0 Å². The van der Waals surface area contributed by atoms with E-state index in [2.05, 4.69) is 5.32 Å². The number of benzene rings is 1. The lowest BCUT2D eigenvalue weighted by atomic mass is 10.0. The van der Waals surface area contributed by atoms with Crippen LogP contribution < -0.4 is 5.32 Å². The molecule has 0 aliphatic carbocycles. The van der Waals surface area contributed by atoms with E-state index in [-0.39, 0.29) is 5.76 Å². The van der Waals surface area contributed by atoms with Gasteiger partial charge in [0.25, 0.3) is 0 Å². The first-order chi connectivity index (χ1) is 9.43. The minimum atomic E-state index is -1.11. The molecule has 0 bridgehead atoms. The Kier molecular flexibility index (Phi) is 3.75. The third-order valence-electron chi connectivity index (χ3n) is 2.70. The molecule has 2 aromatic rings. The van der Waals surface area contributed by atoms with E-state index in [9.17, 15) is 23.3 Å². The molecule has 0 saturated carbocycles. The fourth-order valence-corrected chi connectivity index (χ4v) is 1.85. The minimum Gasteiger partial charge on any atom is -0.404 e. The highest BCUT2D eigenvalue weighted by atomic mass is 19.1. The van der Waals surface area contributed by atoms with E-state index in [4.69, 9.17) is 4.42 Å². The number of nitro groups is 1. The Bertz CT molecular complexity index is 634. The lowest BCUT2D eigenvalue weighted by molar-refractivity contribution is -0.402. The van der Waals surface area contributed by atoms with Gasteiger partial charge in [-0.15, -0.1) is 0 Å². The zero-order valence-corrected chi connectivity index (χ0v) is 10.2. The Morgan fingerprint density at radius 3 is 2.30 bits per heavy atom.